The highest BCUT2D eigenvalue weighted by molar-refractivity contribution is 7.99. The van der Waals surface area contributed by atoms with Crippen LogP contribution >= 0.6 is 11.8 Å². The van der Waals surface area contributed by atoms with Crippen molar-refractivity contribution in [3.05, 3.63) is 70.8 Å². The lowest BCUT2D eigenvalue weighted by Gasteiger charge is -2.49. The monoisotopic (exact) mass is 502 g/mol. The van der Waals surface area contributed by atoms with Crippen molar-refractivity contribution in [2.45, 2.75) is 36.8 Å². The first kappa shape index (κ1) is 24.9. The maximum Gasteiger partial charge on any atom is 0.416 e. The van der Waals surface area contributed by atoms with E-state index < -0.39 is 35.4 Å². The Balaban J connectivity index is 1.89. The van der Waals surface area contributed by atoms with E-state index in [1.54, 1.807) is 18.2 Å². The van der Waals surface area contributed by atoms with E-state index in [1.807, 2.05) is 23.9 Å². The lowest BCUT2D eigenvalue weighted by atomic mass is 9.75. The number of benzene rings is 2. The SMILES string of the molecule is O=CN1CCC(N2CCSCC2)C(c2ccccc2)C1c1cc(C(F)(F)F)cc(C(F)(F)F)c1. The first-order chi connectivity index (χ1) is 16.1. The summed E-state index contributed by atoms with van der Waals surface area (Å²) in [4.78, 5) is 15.6. The quantitative estimate of drug-likeness (QED) is 0.388. The first-order valence-corrected chi connectivity index (χ1v) is 12.1. The van der Waals surface area contributed by atoms with Crippen LogP contribution in [0, 0.1) is 0 Å². The number of hydrogen-bond acceptors (Lipinski definition) is 3. The molecule has 2 fully saturated rings. The Morgan fingerprint density at radius 3 is 1.94 bits per heavy atom. The summed E-state index contributed by atoms with van der Waals surface area (Å²) in [5, 5.41) is 0. The third-order valence-corrected chi connectivity index (χ3v) is 7.52. The molecule has 2 heterocycles. The molecule has 2 aromatic carbocycles. The Kier molecular flexibility index (Phi) is 7.19. The second-order valence-corrected chi connectivity index (χ2v) is 9.79. The van der Waals surface area contributed by atoms with E-state index in [1.165, 1.54) is 4.90 Å². The molecule has 3 nitrogen and oxygen atoms in total. The minimum absolute atomic E-state index is 0.117. The van der Waals surface area contributed by atoms with Gasteiger partial charge < -0.3 is 4.90 Å². The molecule has 0 N–H and O–H groups in total. The van der Waals surface area contributed by atoms with Crippen LogP contribution in [0.4, 0.5) is 26.3 Å². The highest BCUT2D eigenvalue weighted by atomic mass is 32.2. The van der Waals surface area contributed by atoms with Gasteiger partial charge in [0.05, 0.1) is 17.2 Å². The second-order valence-electron chi connectivity index (χ2n) is 8.57. The number of alkyl halides is 6. The minimum Gasteiger partial charge on any atom is -0.337 e. The highest BCUT2D eigenvalue weighted by Crippen LogP contribution is 2.47. The van der Waals surface area contributed by atoms with Crippen LogP contribution in [0.25, 0.3) is 0 Å². The molecule has 10 heteroatoms. The van der Waals surface area contributed by atoms with Crippen LogP contribution in [0.5, 0.6) is 0 Å². The third-order valence-electron chi connectivity index (χ3n) is 6.58. The fourth-order valence-electron chi connectivity index (χ4n) is 5.08. The van der Waals surface area contributed by atoms with E-state index in [9.17, 15) is 31.1 Å². The summed E-state index contributed by atoms with van der Waals surface area (Å²) in [6.45, 7) is 1.81. The Labute approximate surface area is 198 Å². The standard InChI is InChI=1S/C24H24F6N2OS/c25-23(26,27)18-12-17(13-19(14-18)24(28,29)30)22-21(16-4-2-1-3-5-16)20(6-7-32(22)15-33)31-8-10-34-11-9-31/h1-5,12-15,20-22H,6-11H2. The summed E-state index contributed by atoms with van der Waals surface area (Å²) in [7, 11) is 0. The van der Waals surface area contributed by atoms with E-state index in [2.05, 4.69) is 4.90 Å². The van der Waals surface area contributed by atoms with E-state index in [-0.39, 0.29) is 24.2 Å². The number of carbonyl (C=O) groups excluding carboxylic acids is 1. The van der Waals surface area contributed by atoms with Gasteiger partial charge in [0.15, 0.2) is 0 Å². The van der Waals surface area contributed by atoms with Gasteiger partial charge in [-0.25, -0.2) is 0 Å². The topological polar surface area (TPSA) is 23.6 Å². The third kappa shape index (κ3) is 5.22. The maximum absolute atomic E-state index is 13.6. The van der Waals surface area contributed by atoms with Gasteiger partial charge in [-0.15, -0.1) is 0 Å². The number of rotatable bonds is 4. The van der Waals surface area contributed by atoms with Gasteiger partial charge >= 0.3 is 12.4 Å². The Morgan fingerprint density at radius 2 is 1.41 bits per heavy atom. The average molecular weight is 503 g/mol. The molecular formula is C24H24F6N2OS. The van der Waals surface area contributed by atoms with E-state index in [0.717, 1.165) is 42.3 Å². The van der Waals surface area contributed by atoms with Gasteiger partial charge in [0.1, 0.15) is 0 Å². The number of thioether (sulfide) groups is 1. The summed E-state index contributed by atoms with van der Waals surface area (Å²) in [5.41, 5.74) is -2.11. The molecule has 184 valence electrons. The Hall–Kier alpha value is -2.20. The molecule has 0 radical (unpaired) electrons. The van der Waals surface area contributed by atoms with Crippen LogP contribution in [-0.2, 0) is 17.1 Å². The van der Waals surface area contributed by atoms with Crippen LogP contribution in [0.2, 0.25) is 0 Å². The molecule has 4 rings (SSSR count). The first-order valence-electron chi connectivity index (χ1n) is 11.0. The minimum atomic E-state index is -4.96. The zero-order chi connectivity index (χ0) is 24.5. The lowest BCUT2D eigenvalue weighted by Crippen LogP contribution is -2.53. The Bertz CT molecular complexity index is 959. The normalized spacial score (nSPS) is 24.8. The summed E-state index contributed by atoms with van der Waals surface area (Å²) in [5.74, 6) is 1.33. The molecule has 0 spiro atoms. The molecule has 0 bridgehead atoms. The number of amides is 1. The smallest absolute Gasteiger partial charge is 0.337 e. The van der Waals surface area contributed by atoms with Crippen molar-refractivity contribution in [1.29, 1.82) is 0 Å². The molecule has 2 aliphatic heterocycles. The largest absolute Gasteiger partial charge is 0.416 e. The number of likely N-dealkylation sites (tertiary alicyclic amines) is 1. The molecule has 2 aliphatic rings. The van der Waals surface area contributed by atoms with Gasteiger partial charge in [-0.1, -0.05) is 30.3 Å². The van der Waals surface area contributed by atoms with Crippen molar-refractivity contribution >= 4 is 18.2 Å². The molecule has 3 unspecified atom stereocenters. The summed E-state index contributed by atoms with van der Waals surface area (Å²) >= 11 is 1.81. The highest BCUT2D eigenvalue weighted by Gasteiger charge is 2.44. The Morgan fingerprint density at radius 1 is 0.824 bits per heavy atom. The lowest BCUT2D eigenvalue weighted by molar-refractivity contribution is -0.143. The molecule has 1 amide bonds. The molecule has 34 heavy (non-hydrogen) atoms. The van der Waals surface area contributed by atoms with Crippen LogP contribution in [0.15, 0.2) is 48.5 Å². The molecule has 3 atom stereocenters. The van der Waals surface area contributed by atoms with Gasteiger partial charge in [0.2, 0.25) is 6.41 Å². The van der Waals surface area contributed by atoms with Gasteiger partial charge in [0, 0.05) is 43.1 Å². The molecule has 0 saturated carbocycles. The van der Waals surface area contributed by atoms with Crippen molar-refractivity contribution < 1.29 is 31.1 Å². The summed E-state index contributed by atoms with van der Waals surface area (Å²) in [6, 6.07) is 9.63. The van der Waals surface area contributed by atoms with Gasteiger partial charge in [-0.05, 0) is 35.7 Å². The van der Waals surface area contributed by atoms with Crippen molar-refractivity contribution in [1.82, 2.24) is 9.80 Å². The van der Waals surface area contributed by atoms with E-state index in [0.29, 0.717) is 12.8 Å². The molecule has 2 saturated heterocycles. The predicted molar refractivity (Wildman–Crippen MR) is 118 cm³/mol. The van der Waals surface area contributed by atoms with Gasteiger partial charge in [-0.3, -0.25) is 9.69 Å². The predicted octanol–water partition coefficient (Wildman–Crippen LogP) is 5.83. The van der Waals surface area contributed by atoms with E-state index in [4.69, 9.17) is 0 Å². The molecule has 0 aromatic heterocycles. The number of piperidine rings is 1. The zero-order valence-electron chi connectivity index (χ0n) is 18.1. The zero-order valence-corrected chi connectivity index (χ0v) is 19.0. The molecular weight excluding hydrogens is 478 g/mol. The van der Waals surface area contributed by atoms with Gasteiger partial charge in [0.25, 0.3) is 0 Å². The van der Waals surface area contributed by atoms with Gasteiger partial charge in [-0.2, -0.15) is 38.1 Å². The molecule has 2 aromatic rings. The van der Waals surface area contributed by atoms with Crippen molar-refractivity contribution in [2.75, 3.05) is 31.1 Å². The van der Waals surface area contributed by atoms with Crippen LogP contribution < -0.4 is 0 Å². The maximum atomic E-state index is 13.6. The van der Waals surface area contributed by atoms with Crippen LogP contribution in [-0.4, -0.2) is 53.4 Å². The average Bonchev–Trinajstić information content (AvgIpc) is 2.82. The second kappa shape index (κ2) is 9.81. The fraction of sp³-hybridized carbons (Fsp3) is 0.458. The number of carbonyl (C=O) groups is 1. The fourth-order valence-corrected chi connectivity index (χ4v) is 6.01. The number of nitrogens with zero attached hydrogens (tertiary/aromatic N) is 2. The molecule has 0 aliphatic carbocycles. The van der Waals surface area contributed by atoms with Crippen molar-refractivity contribution in [3.8, 4) is 0 Å². The number of hydrogen-bond donors (Lipinski definition) is 0. The van der Waals surface area contributed by atoms with Crippen molar-refractivity contribution in [2.24, 2.45) is 0 Å². The summed E-state index contributed by atoms with van der Waals surface area (Å²) in [6.07, 6.45) is -8.79. The van der Waals surface area contributed by atoms with Crippen LogP contribution in [0.3, 0.4) is 0 Å². The van der Waals surface area contributed by atoms with Crippen molar-refractivity contribution in [3.63, 3.8) is 0 Å². The van der Waals surface area contributed by atoms with Crippen LogP contribution in [0.1, 0.15) is 40.6 Å². The summed E-state index contributed by atoms with van der Waals surface area (Å²) < 4.78 is 81.7. The van der Waals surface area contributed by atoms with E-state index >= 15 is 0 Å². The number of halogens is 6.